The van der Waals surface area contributed by atoms with E-state index in [9.17, 15) is 8.78 Å². The first kappa shape index (κ1) is 13.6. The van der Waals surface area contributed by atoms with Crippen LogP contribution >= 0.6 is 0 Å². The average Bonchev–Trinajstić information content (AvgIpc) is 2.36. The van der Waals surface area contributed by atoms with Crippen molar-refractivity contribution in [1.29, 1.82) is 0 Å². The van der Waals surface area contributed by atoms with Crippen LogP contribution in [0.2, 0.25) is 0 Å². The van der Waals surface area contributed by atoms with Crippen molar-refractivity contribution >= 4 is 0 Å². The van der Waals surface area contributed by atoms with E-state index in [2.05, 4.69) is 10.3 Å². The lowest BCUT2D eigenvalue weighted by molar-refractivity contribution is 0.545. The Morgan fingerprint density at radius 3 is 2.42 bits per heavy atom. The first-order valence-corrected chi connectivity index (χ1v) is 6.15. The third-order valence-electron chi connectivity index (χ3n) is 2.97. The van der Waals surface area contributed by atoms with E-state index in [1.54, 1.807) is 6.20 Å². The molecular formula is C15H16F2N2. The molecule has 2 rings (SSSR count). The molecule has 0 aliphatic heterocycles. The monoisotopic (exact) mass is 262 g/mol. The van der Waals surface area contributed by atoms with E-state index in [1.165, 1.54) is 12.1 Å². The summed E-state index contributed by atoms with van der Waals surface area (Å²) in [6.07, 6.45) is 1.79. The van der Waals surface area contributed by atoms with Gasteiger partial charge < -0.3 is 5.32 Å². The standard InChI is InChI=1S/C15H16F2N2/c1-10-3-4-12(8-18-10)9-19-11(2)13-5-14(16)7-15(17)6-13/h3-8,11,19H,9H2,1-2H3. The van der Waals surface area contributed by atoms with Crippen molar-refractivity contribution in [3.05, 3.63) is 65.0 Å². The highest BCUT2D eigenvalue weighted by Crippen LogP contribution is 2.16. The highest BCUT2D eigenvalue weighted by molar-refractivity contribution is 5.21. The van der Waals surface area contributed by atoms with Crippen LogP contribution in [-0.4, -0.2) is 4.98 Å². The van der Waals surface area contributed by atoms with Gasteiger partial charge in [-0.25, -0.2) is 8.78 Å². The highest BCUT2D eigenvalue weighted by atomic mass is 19.1. The summed E-state index contributed by atoms with van der Waals surface area (Å²) >= 11 is 0. The van der Waals surface area contributed by atoms with Gasteiger partial charge in [0, 0.05) is 30.5 Å². The van der Waals surface area contributed by atoms with Gasteiger partial charge in [-0.3, -0.25) is 4.98 Å². The first-order valence-electron chi connectivity index (χ1n) is 6.15. The van der Waals surface area contributed by atoms with E-state index >= 15 is 0 Å². The second-order valence-electron chi connectivity index (χ2n) is 4.61. The SMILES string of the molecule is Cc1ccc(CNC(C)c2cc(F)cc(F)c2)cn1. The van der Waals surface area contributed by atoms with Gasteiger partial charge in [0.1, 0.15) is 11.6 Å². The summed E-state index contributed by atoms with van der Waals surface area (Å²) in [5.74, 6) is -1.11. The number of hydrogen-bond acceptors (Lipinski definition) is 2. The minimum Gasteiger partial charge on any atom is -0.306 e. The molecule has 0 radical (unpaired) electrons. The highest BCUT2D eigenvalue weighted by Gasteiger charge is 2.08. The van der Waals surface area contributed by atoms with E-state index in [-0.39, 0.29) is 6.04 Å². The fourth-order valence-corrected chi connectivity index (χ4v) is 1.82. The lowest BCUT2D eigenvalue weighted by Crippen LogP contribution is -2.18. The molecule has 0 aliphatic carbocycles. The molecule has 0 aliphatic rings. The molecule has 2 aromatic rings. The number of aromatic nitrogens is 1. The van der Waals surface area contributed by atoms with Gasteiger partial charge >= 0.3 is 0 Å². The fraction of sp³-hybridized carbons (Fsp3) is 0.267. The number of nitrogens with one attached hydrogen (secondary N) is 1. The van der Waals surface area contributed by atoms with Crippen molar-refractivity contribution in [3.8, 4) is 0 Å². The molecule has 19 heavy (non-hydrogen) atoms. The van der Waals surface area contributed by atoms with Crippen LogP contribution in [0.4, 0.5) is 8.78 Å². The smallest absolute Gasteiger partial charge is 0.126 e. The summed E-state index contributed by atoms with van der Waals surface area (Å²) in [6, 6.07) is 7.34. The van der Waals surface area contributed by atoms with E-state index in [0.717, 1.165) is 17.3 Å². The molecule has 1 unspecified atom stereocenters. The molecule has 0 fully saturated rings. The van der Waals surface area contributed by atoms with Crippen LogP contribution in [0.25, 0.3) is 0 Å². The van der Waals surface area contributed by atoms with Crippen LogP contribution in [-0.2, 0) is 6.54 Å². The number of pyridine rings is 1. The topological polar surface area (TPSA) is 24.9 Å². The van der Waals surface area contributed by atoms with Gasteiger partial charge in [0.15, 0.2) is 0 Å². The second-order valence-corrected chi connectivity index (χ2v) is 4.61. The largest absolute Gasteiger partial charge is 0.306 e. The fourth-order valence-electron chi connectivity index (χ4n) is 1.82. The van der Waals surface area contributed by atoms with Gasteiger partial charge in [0.05, 0.1) is 0 Å². The normalized spacial score (nSPS) is 12.4. The van der Waals surface area contributed by atoms with E-state index in [4.69, 9.17) is 0 Å². The second kappa shape index (κ2) is 5.89. The molecular weight excluding hydrogens is 246 g/mol. The lowest BCUT2D eigenvalue weighted by Gasteiger charge is -2.14. The molecule has 0 amide bonds. The van der Waals surface area contributed by atoms with Gasteiger partial charge in [-0.15, -0.1) is 0 Å². The van der Waals surface area contributed by atoms with Crippen LogP contribution in [0, 0.1) is 18.6 Å². The van der Waals surface area contributed by atoms with Crippen LogP contribution < -0.4 is 5.32 Å². The zero-order valence-electron chi connectivity index (χ0n) is 11.0. The van der Waals surface area contributed by atoms with Crippen LogP contribution in [0.5, 0.6) is 0 Å². The first-order chi connectivity index (χ1) is 9.04. The maximum absolute atomic E-state index is 13.1. The lowest BCUT2D eigenvalue weighted by atomic mass is 10.1. The molecule has 1 N–H and O–H groups in total. The van der Waals surface area contributed by atoms with Crippen LogP contribution in [0.1, 0.15) is 29.8 Å². The minimum absolute atomic E-state index is 0.133. The third-order valence-corrected chi connectivity index (χ3v) is 2.97. The van der Waals surface area contributed by atoms with Crippen molar-refractivity contribution in [2.75, 3.05) is 0 Å². The van der Waals surface area contributed by atoms with Gasteiger partial charge in [-0.1, -0.05) is 6.07 Å². The van der Waals surface area contributed by atoms with Crippen LogP contribution in [0.3, 0.4) is 0 Å². The van der Waals surface area contributed by atoms with Gasteiger partial charge in [-0.05, 0) is 43.2 Å². The Hall–Kier alpha value is -1.81. The van der Waals surface area contributed by atoms with E-state index in [0.29, 0.717) is 12.1 Å². The molecule has 0 bridgehead atoms. The predicted octanol–water partition coefficient (Wildman–Crippen LogP) is 3.52. The Labute approximate surface area is 111 Å². The summed E-state index contributed by atoms with van der Waals surface area (Å²) < 4.78 is 26.2. The Balaban J connectivity index is 2.00. The Bertz CT molecular complexity index is 532. The summed E-state index contributed by atoms with van der Waals surface area (Å²) in [7, 11) is 0. The Morgan fingerprint density at radius 2 is 1.84 bits per heavy atom. The summed E-state index contributed by atoms with van der Waals surface area (Å²) in [6.45, 7) is 4.40. The molecule has 0 spiro atoms. The van der Waals surface area contributed by atoms with Crippen molar-refractivity contribution in [1.82, 2.24) is 10.3 Å². The minimum atomic E-state index is -0.555. The zero-order chi connectivity index (χ0) is 13.8. The Kier molecular flexibility index (Phi) is 4.22. The maximum atomic E-state index is 13.1. The number of rotatable bonds is 4. The molecule has 4 heteroatoms. The quantitative estimate of drug-likeness (QED) is 0.912. The number of hydrogen-bond donors (Lipinski definition) is 1. The van der Waals surface area contributed by atoms with Gasteiger partial charge in [-0.2, -0.15) is 0 Å². The molecule has 1 atom stereocenters. The van der Waals surface area contributed by atoms with E-state index in [1.807, 2.05) is 26.0 Å². The molecule has 0 saturated carbocycles. The molecule has 2 nitrogen and oxygen atoms in total. The zero-order valence-corrected chi connectivity index (χ0v) is 11.0. The van der Waals surface area contributed by atoms with Crippen molar-refractivity contribution in [2.24, 2.45) is 0 Å². The number of aryl methyl sites for hydroxylation is 1. The van der Waals surface area contributed by atoms with Gasteiger partial charge in [0.2, 0.25) is 0 Å². The predicted molar refractivity (Wildman–Crippen MR) is 70.6 cm³/mol. The Morgan fingerprint density at radius 1 is 1.16 bits per heavy atom. The number of halogens is 2. The average molecular weight is 262 g/mol. The molecule has 1 heterocycles. The van der Waals surface area contributed by atoms with Crippen molar-refractivity contribution < 1.29 is 8.78 Å². The molecule has 100 valence electrons. The third kappa shape index (κ3) is 3.83. The summed E-state index contributed by atoms with van der Waals surface area (Å²) in [5, 5.41) is 3.22. The van der Waals surface area contributed by atoms with Gasteiger partial charge in [0.25, 0.3) is 0 Å². The summed E-state index contributed by atoms with van der Waals surface area (Å²) in [5.41, 5.74) is 2.59. The molecule has 1 aromatic heterocycles. The maximum Gasteiger partial charge on any atom is 0.126 e. The van der Waals surface area contributed by atoms with E-state index < -0.39 is 11.6 Å². The van der Waals surface area contributed by atoms with Crippen molar-refractivity contribution in [2.45, 2.75) is 26.4 Å². The summed E-state index contributed by atoms with van der Waals surface area (Å²) in [4.78, 5) is 4.20. The number of benzene rings is 1. The van der Waals surface area contributed by atoms with Crippen LogP contribution in [0.15, 0.2) is 36.5 Å². The molecule has 0 saturated heterocycles. The molecule has 1 aromatic carbocycles. The van der Waals surface area contributed by atoms with Crippen molar-refractivity contribution in [3.63, 3.8) is 0 Å². The number of nitrogens with zero attached hydrogens (tertiary/aromatic N) is 1.